The molecule has 1 unspecified atom stereocenters. The molecule has 0 aliphatic carbocycles. The van der Waals surface area contributed by atoms with E-state index in [1.165, 1.54) is 36.2 Å². The van der Waals surface area contributed by atoms with Gasteiger partial charge in [-0.3, -0.25) is 5.41 Å². The van der Waals surface area contributed by atoms with Crippen molar-refractivity contribution in [2.75, 3.05) is 12.4 Å². The molecular weight excluding hydrogens is 223 g/mol. The van der Waals surface area contributed by atoms with E-state index in [4.69, 9.17) is 11.1 Å². The van der Waals surface area contributed by atoms with Crippen LogP contribution in [0.2, 0.25) is 0 Å². The van der Waals surface area contributed by atoms with E-state index >= 15 is 0 Å². The molecule has 1 rings (SSSR count). The molecule has 0 aliphatic rings. The molecule has 92 valence electrons. The van der Waals surface area contributed by atoms with Crippen LogP contribution in [0.1, 0.15) is 6.92 Å². The highest BCUT2D eigenvalue weighted by molar-refractivity contribution is 5.93. The number of amidine groups is 1. The zero-order valence-electron chi connectivity index (χ0n) is 9.70. The molecule has 2 amide bonds. The summed E-state index contributed by atoms with van der Waals surface area (Å²) in [6.07, 6.45) is 0. The first-order valence-electron chi connectivity index (χ1n) is 5.05. The number of nitrogens with two attached hydrogens (primary N) is 1. The van der Waals surface area contributed by atoms with Gasteiger partial charge in [-0.05, 0) is 31.2 Å². The van der Waals surface area contributed by atoms with Gasteiger partial charge in [0.1, 0.15) is 11.7 Å². The lowest BCUT2D eigenvalue weighted by molar-refractivity contribution is 0.218. The monoisotopic (exact) mass is 238 g/mol. The number of carbonyl (C=O) groups is 1. The molecule has 0 saturated heterocycles. The van der Waals surface area contributed by atoms with E-state index in [1.807, 2.05) is 0 Å². The largest absolute Gasteiger partial charge is 0.386 e. The van der Waals surface area contributed by atoms with E-state index < -0.39 is 12.1 Å². The second-order valence-corrected chi connectivity index (χ2v) is 3.68. The van der Waals surface area contributed by atoms with Crippen molar-refractivity contribution in [3.63, 3.8) is 0 Å². The van der Waals surface area contributed by atoms with Crippen LogP contribution in [0.4, 0.5) is 14.9 Å². The van der Waals surface area contributed by atoms with Crippen molar-refractivity contribution in [3.05, 3.63) is 30.1 Å². The van der Waals surface area contributed by atoms with E-state index in [1.54, 1.807) is 6.92 Å². The van der Waals surface area contributed by atoms with Crippen LogP contribution < -0.4 is 11.1 Å². The van der Waals surface area contributed by atoms with Crippen LogP contribution in [0.25, 0.3) is 0 Å². The Bertz CT molecular complexity index is 418. The lowest BCUT2D eigenvalue weighted by Crippen LogP contribution is -2.45. The predicted molar refractivity (Wildman–Crippen MR) is 64.6 cm³/mol. The number of benzene rings is 1. The molecule has 1 aromatic rings. The van der Waals surface area contributed by atoms with Crippen LogP contribution in [-0.2, 0) is 0 Å². The average Bonchev–Trinajstić information content (AvgIpc) is 2.30. The van der Waals surface area contributed by atoms with Crippen LogP contribution in [0, 0.1) is 11.2 Å². The lowest BCUT2D eigenvalue weighted by atomic mass is 10.3. The maximum atomic E-state index is 12.6. The van der Waals surface area contributed by atoms with Gasteiger partial charge in [0.2, 0.25) is 0 Å². The Morgan fingerprint density at radius 2 is 2.00 bits per heavy atom. The van der Waals surface area contributed by atoms with E-state index in [0.717, 1.165) is 0 Å². The SMILES string of the molecule is CC(C(=N)N)N(C)C(=O)Nc1ccc(F)cc1. The van der Waals surface area contributed by atoms with Gasteiger partial charge in [-0.2, -0.15) is 0 Å². The second kappa shape index (κ2) is 5.29. The van der Waals surface area contributed by atoms with Crippen molar-refractivity contribution in [3.8, 4) is 0 Å². The third kappa shape index (κ3) is 3.44. The van der Waals surface area contributed by atoms with Gasteiger partial charge in [-0.25, -0.2) is 9.18 Å². The molecule has 0 saturated carbocycles. The summed E-state index contributed by atoms with van der Waals surface area (Å²) >= 11 is 0. The van der Waals surface area contributed by atoms with Crippen LogP contribution in [0.3, 0.4) is 0 Å². The van der Waals surface area contributed by atoms with Gasteiger partial charge < -0.3 is 16.0 Å². The zero-order chi connectivity index (χ0) is 13.0. The summed E-state index contributed by atoms with van der Waals surface area (Å²) in [5.41, 5.74) is 5.79. The molecule has 1 atom stereocenters. The normalized spacial score (nSPS) is 11.7. The molecule has 0 spiro atoms. The molecule has 0 fully saturated rings. The topological polar surface area (TPSA) is 82.2 Å². The molecule has 0 aliphatic heterocycles. The van der Waals surface area contributed by atoms with Gasteiger partial charge in [0, 0.05) is 12.7 Å². The molecule has 4 N–H and O–H groups in total. The molecule has 0 bridgehead atoms. The Labute approximate surface area is 98.9 Å². The fraction of sp³-hybridized carbons (Fsp3) is 0.273. The van der Waals surface area contributed by atoms with Crippen LogP contribution in [0.5, 0.6) is 0 Å². The summed E-state index contributed by atoms with van der Waals surface area (Å²) in [4.78, 5) is 13.0. The van der Waals surface area contributed by atoms with Crippen LogP contribution in [0.15, 0.2) is 24.3 Å². The summed E-state index contributed by atoms with van der Waals surface area (Å²) in [6.45, 7) is 1.65. The fourth-order valence-corrected chi connectivity index (χ4v) is 1.13. The van der Waals surface area contributed by atoms with Crippen LogP contribution in [-0.4, -0.2) is 29.9 Å². The van der Waals surface area contributed by atoms with Gasteiger partial charge >= 0.3 is 6.03 Å². The number of hydrogen-bond donors (Lipinski definition) is 3. The van der Waals surface area contributed by atoms with E-state index in [0.29, 0.717) is 5.69 Å². The zero-order valence-corrected chi connectivity index (χ0v) is 9.70. The Hall–Kier alpha value is -2.11. The Kier molecular flexibility index (Phi) is 4.03. The molecule has 17 heavy (non-hydrogen) atoms. The van der Waals surface area contributed by atoms with Crippen molar-refractivity contribution in [2.45, 2.75) is 13.0 Å². The number of hydrogen-bond acceptors (Lipinski definition) is 2. The highest BCUT2D eigenvalue weighted by Gasteiger charge is 2.17. The summed E-state index contributed by atoms with van der Waals surface area (Å²) in [5.74, 6) is -0.463. The quantitative estimate of drug-likeness (QED) is 0.552. The number of rotatable bonds is 3. The smallest absolute Gasteiger partial charge is 0.322 e. The fourth-order valence-electron chi connectivity index (χ4n) is 1.13. The van der Waals surface area contributed by atoms with Gasteiger partial charge in [0.25, 0.3) is 0 Å². The first-order chi connectivity index (χ1) is 7.91. The van der Waals surface area contributed by atoms with Crippen molar-refractivity contribution in [2.24, 2.45) is 5.73 Å². The summed E-state index contributed by atoms with van der Waals surface area (Å²) in [6, 6.07) is 4.53. The second-order valence-electron chi connectivity index (χ2n) is 3.68. The van der Waals surface area contributed by atoms with E-state index in [9.17, 15) is 9.18 Å². The third-order valence-electron chi connectivity index (χ3n) is 2.45. The maximum Gasteiger partial charge on any atom is 0.322 e. The summed E-state index contributed by atoms with van der Waals surface area (Å²) in [7, 11) is 1.53. The number of halogens is 1. The molecule has 0 radical (unpaired) electrons. The first kappa shape index (κ1) is 13.0. The van der Waals surface area contributed by atoms with Crippen LogP contribution >= 0.6 is 0 Å². The predicted octanol–water partition coefficient (Wildman–Crippen LogP) is 1.61. The number of nitrogens with one attached hydrogen (secondary N) is 2. The highest BCUT2D eigenvalue weighted by atomic mass is 19.1. The number of nitrogens with zero attached hydrogens (tertiary/aromatic N) is 1. The molecule has 1 aromatic carbocycles. The maximum absolute atomic E-state index is 12.6. The Morgan fingerprint density at radius 1 is 1.47 bits per heavy atom. The van der Waals surface area contributed by atoms with Crippen molar-refractivity contribution < 1.29 is 9.18 Å². The summed E-state index contributed by atoms with van der Waals surface area (Å²) < 4.78 is 12.6. The van der Waals surface area contributed by atoms with Gasteiger partial charge in [-0.1, -0.05) is 0 Å². The number of urea groups is 1. The van der Waals surface area contributed by atoms with Gasteiger partial charge in [0.05, 0.1) is 6.04 Å². The highest BCUT2D eigenvalue weighted by Crippen LogP contribution is 2.09. The minimum absolute atomic E-state index is 0.0956. The number of likely N-dealkylation sites (N-methyl/N-ethyl adjacent to an activating group) is 1. The van der Waals surface area contributed by atoms with Crippen molar-refractivity contribution >= 4 is 17.6 Å². The molecular formula is C11H15FN4O. The molecule has 0 aromatic heterocycles. The van der Waals surface area contributed by atoms with Gasteiger partial charge in [-0.15, -0.1) is 0 Å². The number of anilines is 1. The van der Waals surface area contributed by atoms with Gasteiger partial charge in [0.15, 0.2) is 0 Å². The van der Waals surface area contributed by atoms with E-state index in [2.05, 4.69) is 5.32 Å². The Balaban J connectivity index is 2.66. The molecule has 5 nitrogen and oxygen atoms in total. The molecule has 0 heterocycles. The summed E-state index contributed by atoms with van der Waals surface area (Å²) in [5, 5.41) is 9.81. The minimum atomic E-state index is -0.490. The van der Waals surface area contributed by atoms with E-state index in [-0.39, 0.29) is 11.7 Å². The lowest BCUT2D eigenvalue weighted by Gasteiger charge is -2.24. The minimum Gasteiger partial charge on any atom is -0.386 e. The van der Waals surface area contributed by atoms with Crippen molar-refractivity contribution in [1.29, 1.82) is 5.41 Å². The number of amides is 2. The average molecular weight is 238 g/mol. The first-order valence-corrected chi connectivity index (χ1v) is 5.05. The van der Waals surface area contributed by atoms with Crippen molar-refractivity contribution in [1.82, 2.24) is 4.90 Å². The Morgan fingerprint density at radius 3 is 2.47 bits per heavy atom. The molecule has 6 heteroatoms. The third-order valence-corrected chi connectivity index (χ3v) is 2.45. The standard InChI is InChI=1S/C11H15FN4O/c1-7(10(13)14)16(2)11(17)15-9-5-3-8(12)4-6-9/h3-7H,1-2H3,(H3,13,14)(H,15,17). The number of carbonyl (C=O) groups excluding carboxylic acids is 1.